The summed E-state index contributed by atoms with van der Waals surface area (Å²) in [6.45, 7) is 2.23. The number of nitrogens with one attached hydrogen (secondary N) is 2. The molecule has 3 aromatic carbocycles. The van der Waals surface area contributed by atoms with Gasteiger partial charge in [0.1, 0.15) is 24.1 Å². The minimum absolute atomic E-state index is 0.0703. The maximum absolute atomic E-state index is 14.0. The molecule has 13 nitrogen and oxygen atoms in total. The number of halogens is 1. The molecule has 1 aromatic heterocycles. The Morgan fingerprint density at radius 2 is 1.71 bits per heavy atom. The molecular weight excluding hydrogens is 642 g/mol. The van der Waals surface area contributed by atoms with Crippen molar-refractivity contribution in [3.8, 4) is 0 Å². The monoisotopic (exact) mass is 673 g/mol. The topological polar surface area (TPSA) is 179 Å². The molecule has 3 N–H and O–H groups in total. The van der Waals surface area contributed by atoms with E-state index in [0.717, 1.165) is 16.0 Å². The molecule has 0 unspecified atom stereocenters. The van der Waals surface area contributed by atoms with Gasteiger partial charge in [0.15, 0.2) is 5.58 Å². The van der Waals surface area contributed by atoms with Crippen molar-refractivity contribution in [2.45, 2.75) is 45.2 Å². The quantitative estimate of drug-likeness (QED) is 0.201. The number of aromatic nitrogens is 1. The van der Waals surface area contributed by atoms with Gasteiger partial charge in [0, 0.05) is 13.3 Å². The Morgan fingerprint density at radius 3 is 2.40 bits per heavy atom. The Hall–Kier alpha value is -5.56. The number of Topliss-reactive ketones (excluding diaryl/α,β-unsaturated/α-hetero) is 1. The zero-order valence-corrected chi connectivity index (χ0v) is 26.8. The molecule has 48 heavy (non-hydrogen) atoms. The number of carboxylic acid groups (broad SMARTS) is 1. The predicted molar refractivity (Wildman–Crippen MR) is 176 cm³/mol. The van der Waals surface area contributed by atoms with E-state index in [2.05, 4.69) is 15.6 Å². The second-order valence-corrected chi connectivity index (χ2v) is 11.8. The number of fused-ring (bicyclic) bond motifs is 2. The van der Waals surface area contributed by atoms with Crippen LogP contribution in [0.5, 0.6) is 0 Å². The Kier molecular flexibility index (Phi) is 10.2. The van der Waals surface area contributed by atoms with Gasteiger partial charge in [-0.2, -0.15) is 0 Å². The van der Waals surface area contributed by atoms with E-state index in [-0.39, 0.29) is 34.8 Å². The Morgan fingerprint density at radius 1 is 1.02 bits per heavy atom. The summed E-state index contributed by atoms with van der Waals surface area (Å²) in [6, 6.07) is 16.2. The zero-order chi connectivity index (χ0) is 34.5. The number of anilines is 2. The highest BCUT2D eigenvalue weighted by Gasteiger charge is 2.38. The van der Waals surface area contributed by atoms with Gasteiger partial charge in [0.2, 0.25) is 23.5 Å². The molecular formula is C34H32ClN5O8. The van der Waals surface area contributed by atoms with Crippen LogP contribution in [0, 0.1) is 6.92 Å². The first-order chi connectivity index (χ1) is 22.9. The fourth-order valence-electron chi connectivity index (χ4n) is 5.47. The number of rotatable bonds is 11. The maximum atomic E-state index is 14.0. The molecule has 0 saturated heterocycles. The van der Waals surface area contributed by atoms with Crippen molar-refractivity contribution in [3.63, 3.8) is 0 Å². The van der Waals surface area contributed by atoms with Crippen LogP contribution in [0.4, 0.5) is 11.4 Å². The highest BCUT2D eigenvalue weighted by Crippen LogP contribution is 2.33. The van der Waals surface area contributed by atoms with Crippen molar-refractivity contribution < 1.29 is 38.3 Å². The Bertz CT molecular complexity index is 1910. The maximum Gasteiger partial charge on any atom is 0.305 e. The van der Waals surface area contributed by atoms with Crippen LogP contribution in [-0.4, -0.2) is 70.6 Å². The van der Waals surface area contributed by atoms with Crippen LogP contribution in [0.25, 0.3) is 11.1 Å². The molecule has 2 atom stereocenters. The lowest BCUT2D eigenvalue weighted by Crippen LogP contribution is -2.55. The van der Waals surface area contributed by atoms with Gasteiger partial charge in [-0.15, -0.1) is 0 Å². The first-order valence-corrected chi connectivity index (χ1v) is 15.4. The van der Waals surface area contributed by atoms with Crippen molar-refractivity contribution in [3.05, 3.63) is 88.8 Å². The van der Waals surface area contributed by atoms with E-state index >= 15 is 0 Å². The van der Waals surface area contributed by atoms with Gasteiger partial charge in [0.25, 0.3) is 11.8 Å². The van der Waals surface area contributed by atoms with Gasteiger partial charge in [-0.1, -0.05) is 54.1 Å². The predicted octanol–water partition coefficient (Wildman–Crippen LogP) is 3.45. The first-order valence-electron chi connectivity index (χ1n) is 15.0. The van der Waals surface area contributed by atoms with E-state index in [0.29, 0.717) is 12.1 Å². The number of carbonyl (C=O) groups excluding carboxylic acids is 5. The molecule has 0 saturated carbocycles. The van der Waals surface area contributed by atoms with Gasteiger partial charge in [-0.25, -0.2) is 4.98 Å². The van der Waals surface area contributed by atoms with Crippen LogP contribution < -0.4 is 20.4 Å². The molecule has 4 amide bonds. The molecule has 1 aliphatic heterocycles. The minimum atomic E-state index is -1.61. The van der Waals surface area contributed by atoms with Gasteiger partial charge in [-0.3, -0.25) is 33.7 Å². The largest absolute Gasteiger partial charge is 0.481 e. The molecule has 2 heterocycles. The van der Waals surface area contributed by atoms with Gasteiger partial charge < -0.3 is 25.1 Å². The summed E-state index contributed by atoms with van der Waals surface area (Å²) < 4.78 is 5.54. The number of ketones is 1. The van der Waals surface area contributed by atoms with E-state index in [4.69, 9.17) is 16.0 Å². The number of aryl methyl sites for hydroxylation is 2. The number of amides is 4. The number of benzene rings is 3. The average molecular weight is 674 g/mol. The number of carboxylic acids is 1. The third kappa shape index (κ3) is 7.69. The van der Waals surface area contributed by atoms with E-state index < -0.39 is 66.3 Å². The number of hydrogen-bond acceptors (Lipinski definition) is 8. The lowest BCUT2D eigenvalue weighted by atomic mass is 10.1. The fraction of sp³-hybridized carbons (Fsp3) is 0.265. The SMILES string of the molecule is CC(=O)N1C[C@H](NC(=O)CCc2ccccc2)C(=O)N(CC(=O)N[C@@H](CC(=O)O)C(=O)c2nc3cc(C)cc(Cl)c3o2)c2ccccc21. The van der Waals surface area contributed by atoms with Crippen LogP contribution >= 0.6 is 11.6 Å². The second kappa shape index (κ2) is 14.5. The Balaban J connectivity index is 1.39. The highest BCUT2D eigenvalue weighted by molar-refractivity contribution is 6.34. The number of para-hydroxylation sites is 2. The first kappa shape index (κ1) is 33.8. The Labute approximate surface area is 279 Å². The summed E-state index contributed by atoms with van der Waals surface area (Å²) >= 11 is 6.23. The van der Waals surface area contributed by atoms with E-state index in [1.54, 1.807) is 43.3 Å². The summed E-state index contributed by atoms with van der Waals surface area (Å²) in [5.41, 5.74) is 2.62. The third-order valence-corrected chi connectivity index (χ3v) is 8.00. The second-order valence-electron chi connectivity index (χ2n) is 11.3. The lowest BCUT2D eigenvalue weighted by molar-refractivity contribution is -0.137. The summed E-state index contributed by atoms with van der Waals surface area (Å²) in [4.78, 5) is 84.9. The summed E-state index contributed by atoms with van der Waals surface area (Å²) in [5, 5.41) is 14.9. The zero-order valence-electron chi connectivity index (χ0n) is 26.1. The number of hydrogen-bond donors (Lipinski definition) is 3. The van der Waals surface area contributed by atoms with Crippen LogP contribution in [-0.2, 0) is 30.4 Å². The molecule has 14 heteroatoms. The number of oxazole rings is 1. The van der Waals surface area contributed by atoms with Crippen molar-refractivity contribution in [1.29, 1.82) is 0 Å². The fourth-order valence-corrected chi connectivity index (χ4v) is 5.78. The van der Waals surface area contributed by atoms with Crippen LogP contribution in [0.2, 0.25) is 5.02 Å². The standard InChI is InChI=1S/C34H32ClN5O8/c1-19-14-22(35)32-24(15-19)38-33(48-32)31(46)23(16-30(44)45)36-29(43)18-40-27-11-7-6-10-26(27)39(20(2)41)17-25(34(40)47)37-28(42)13-12-21-8-4-3-5-9-21/h3-11,14-15,23,25H,12-13,16-18H2,1-2H3,(H,36,43)(H,37,42)(H,44,45)/t23-,25-/m0/s1. The molecule has 5 rings (SSSR count). The molecule has 0 radical (unpaired) electrons. The van der Waals surface area contributed by atoms with Crippen LogP contribution in [0.3, 0.4) is 0 Å². The molecule has 0 bridgehead atoms. The smallest absolute Gasteiger partial charge is 0.305 e. The van der Waals surface area contributed by atoms with Crippen molar-refractivity contribution >= 4 is 69.5 Å². The molecule has 0 aliphatic carbocycles. The van der Waals surface area contributed by atoms with E-state index in [1.807, 2.05) is 30.3 Å². The molecule has 0 fully saturated rings. The lowest BCUT2D eigenvalue weighted by Gasteiger charge is -2.26. The molecule has 1 aliphatic rings. The van der Waals surface area contributed by atoms with E-state index in [9.17, 15) is 33.9 Å². The normalized spacial score (nSPS) is 15.0. The van der Waals surface area contributed by atoms with Gasteiger partial charge in [-0.05, 0) is 48.7 Å². The third-order valence-electron chi connectivity index (χ3n) is 7.72. The summed E-state index contributed by atoms with van der Waals surface area (Å²) in [5.74, 6) is -5.14. The summed E-state index contributed by atoms with van der Waals surface area (Å²) in [7, 11) is 0. The van der Waals surface area contributed by atoms with Crippen molar-refractivity contribution in [1.82, 2.24) is 15.6 Å². The highest BCUT2D eigenvalue weighted by atomic mass is 35.5. The molecule has 0 spiro atoms. The number of aliphatic carboxylic acids is 1. The van der Waals surface area contributed by atoms with Crippen molar-refractivity contribution in [2.24, 2.45) is 0 Å². The van der Waals surface area contributed by atoms with Gasteiger partial charge in [0.05, 0.1) is 29.4 Å². The van der Waals surface area contributed by atoms with Crippen molar-refractivity contribution in [2.75, 3.05) is 22.9 Å². The average Bonchev–Trinajstić information content (AvgIpc) is 3.44. The number of carbonyl (C=O) groups is 6. The number of nitrogens with zero attached hydrogens (tertiary/aromatic N) is 3. The molecule has 248 valence electrons. The van der Waals surface area contributed by atoms with Crippen LogP contribution in [0.15, 0.2) is 71.1 Å². The van der Waals surface area contributed by atoms with E-state index in [1.165, 1.54) is 11.8 Å². The van der Waals surface area contributed by atoms with Gasteiger partial charge >= 0.3 is 5.97 Å². The molecule has 4 aromatic rings. The van der Waals surface area contributed by atoms with Crippen LogP contribution in [0.1, 0.15) is 41.6 Å². The summed E-state index contributed by atoms with van der Waals surface area (Å²) in [6.07, 6.45) is -0.319. The minimum Gasteiger partial charge on any atom is -0.481 e.